The fourth-order valence-corrected chi connectivity index (χ4v) is 4.22. The van der Waals surface area contributed by atoms with Gasteiger partial charge in [0.25, 0.3) is 0 Å². The predicted molar refractivity (Wildman–Crippen MR) is 131 cm³/mol. The molecule has 0 saturated carbocycles. The first-order valence-electron chi connectivity index (χ1n) is 10.1. The van der Waals surface area contributed by atoms with E-state index >= 15 is 0 Å². The van der Waals surface area contributed by atoms with E-state index in [0.29, 0.717) is 29.3 Å². The molecule has 0 aliphatic heterocycles. The van der Waals surface area contributed by atoms with Crippen LogP contribution in [0.25, 0.3) is 32.9 Å². The molecule has 1 heterocycles. The molecule has 0 saturated heterocycles. The average molecular weight is 488 g/mol. The lowest BCUT2D eigenvalue weighted by Crippen LogP contribution is -3.00. The number of aryl methyl sites for hydroxylation is 1. The fraction of sp³-hybridized carbons (Fsp3) is 0.200. The summed E-state index contributed by atoms with van der Waals surface area (Å²) in [6.07, 6.45) is 0.275. The molecule has 0 aliphatic carbocycles. The van der Waals surface area contributed by atoms with E-state index in [1.54, 1.807) is 20.3 Å². The summed E-state index contributed by atoms with van der Waals surface area (Å²) in [5.41, 5.74) is 16.7. The number of ketones is 1. The fourth-order valence-electron chi connectivity index (χ4n) is 4.22. The SMILES string of the molecule is COc1cc(-c2c3ccccc3[n+](C)c3cccc(C(=O)CCN)c23)c(OC)cc1N.Cl.[Cl-]. The summed E-state index contributed by atoms with van der Waals surface area (Å²) in [5.74, 6) is 1.16. The number of nitrogen functional groups attached to an aromatic ring is 1. The third kappa shape index (κ3) is 4.42. The highest BCUT2D eigenvalue weighted by atomic mass is 35.5. The summed E-state index contributed by atoms with van der Waals surface area (Å²) < 4.78 is 13.3. The van der Waals surface area contributed by atoms with E-state index in [4.69, 9.17) is 20.9 Å². The zero-order valence-electron chi connectivity index (χ0n) is 18.7. The second kappa shape index (κ2) is 10.7. The first kappa shape index (κ1) is 26.2. The molecule has 4 N–H and O–H groups in total. The summed E-state index contributed by atoms with van der Waals surface area (Å²) in [6, 6.07) is 17.5. The van der Waals surface area contributed by atoms with Crippen molar-refractivity contribution in [2.75, 3.05) is 26.5 Å². The van der Waals surface area contributed by atoms with Crippen LogP contribution in [0.5, 0.6) is 11.5 Å². The molecular weight excluding hydrogens is 461 g/mol. The highest BCUT2D eigenvalue weighted by Gasteiger charge is 2.26. The third-order valence-electron chi connectivity index (χ3n) is 5.68. The molecule has 8 heteroatoms. The van der Waals surface area contributed by atoms with Crippen molar-refractivity contribution in [2.45, 2.75) is 6.42 Å². The minimum Gasteiger partial charge on any atom is -1.00 e. The van der Waals surface area contributed by atoms with Gasteiger partial charge in [0.15, 0.2) is 5.78 Å². The number of hydrogen-bond donors (Lipinski definition) is 2. The number of methoxy groups -OCH3 is 2. The topological polar surface area (TPSA) is 91.5 Å². The van der Waals surface area contributed by atoms with Gasteiger partial charge in [0.05, 0.1) is 30.7 Å². The lowest BCUT2D eigenvalue weighted by Gasteiger charge is -2.17. The number of nitrogens with two attached hydrogens (primary N) is 2. The Balaban J connectivity index is 0.00000193. The minimum atomic E-state index is 0. The molecule has 4 aromatic rings. The van der Waals surface area contributed by atoms with Gasteiger partial charge in [-0.1, -0.05) is 24.3 Å². The molecule has 0 atom stereocenters. The lowest BCUT2D eigenvalue weighted by atomic mass is 9.90. The molecule has 0 spiro atoms. The van der Waals surface area contributed by atoms with Gasteiger partial charge in [0.1, 0.15) is 18.5 Å². The molecule has 0 aliphatic rings. The Bertz CT molecular complexity index is 1330. The minimum absolute atomic E-state index is 0. The van der Waals surface area contributed by atoms with Crippen LogP contribution in [-0.4, -0.2) is 26.5 Å². The van der Waals surface area contributed by atoms with Crippen LogP contribution in [0.2, 0.25) is 0 Å². The lowest BCUT2D eigenvalue weighted by molar-refractivity contribution is -0.617. The number of hydrogen-bond acceptors (Lipinski definition) is 5. The van der Waals surface area contributed by atoms with E-state index < -0.39 is 0 Å². The Morgan fingerprint density at radius 1 is 0.970 bits per heavy atom. The normalized spacial score (nSPS) is 10.4. The summed E-state index contributed by atoms with van der Waals surface area (Å²) >= 11 is 0. The molecule has 4 rings (SSSR count). The van der Waals surface area contributed by atoms with E-state index in [-0.39, 0.29) is 37.0 Å². The number of para-hydroxylation sites is 1. The van der Waals surface area contributed by atoms with Crippen LogP contribution in [0.15, 0.2) is 54.6 Å². The van der Waals surface area contributed by atoms with E-state index in [2.05, 4.69) is 16.7 Å². The van der Waals surface area contributed by atoms with Crippen molar-refractivity contribution in [3.63, 3.8) is 0 Å². The number of carbonyl (C=O) groups is 1. The Labute approximate surface area is 205 Å². The van der Waals surface area contributed by atoms with Gasteiger partial charge < -0.3 is 33.3 Å². The highest BCUT2D eigenvalue weighted by molar-refractivity contribution is 6.17. The van der Waals surface area contributed by atoms with Gasteiger partial charge in [0.2, 0.25) is 11.0 Å². The number of ether oxygens (including phenoxy) is 2. The van der Waals surface area contributed by atoms with Crippen LogP contribution in [0.4, 0.5) is 5.69 Å². The van der Waals surface area contributed by atoms with Crippen LogP contribution in [0, 0.1) is 0 Å². The molecular formula is C25H27Cl2N3O3. The maximum atomic E-state index is 13.1. The molecule has 0 amide bonds. The standard InChI is InChI=1S/C25H25N3O3.2ClH/c1-28-19-9-5-4-7-15(19)24(17-13-23(31-3)18(27)14-22(17)30-2)25-16(21(29)11-12-26)8-6-10-20(25)28;;/h4-10,13-14,27H,11-12,26H2,1-3H3;2*1H. The van der Waals surface area contributed by atoms with E-state index in [1.807, 2.05) is 43.4 Å². The maximum Gasteiger partial charge on any atom is 0.214 e. The Hall–Kier alpha value is -3.06. The van der Waals surface area contributed by atoms with Crippen molar-refractivity contribution in [3.8, 4) is 22.6 Å². The van der Waals surface area contributed by atoms with Gasteiger partial charge in [-0.2, -0.15) is 4.57 Å². The van der Waals surface area contributed by atoms with Crippen LogP contribution in [-0.2, 0) is 7.05 Å². The summed E-state index contributed by atoms with van der Waals surface area (Å²) in [4.78, 5) is 13.1. The molecule has 1 aromatic heterocycles. The summed E-state index contributed by atoms with van der Waals surface area (Å²) in [5, 5.41) is 1.85. The second-order valence-electron chi connectivity index (χ2n) is 7.41. The van der Waals surface area contributed by atoms with Crippen molar-refractivity contribution in [1.82, 2.24) is 0 Å². The molecule has 0 fully saturated rings. The zero-order valence-corrected chi connectivity index (χ0v) is 20.3. The third-order valence-corrected chi connectivity index (χ3v) is 5.68. The maximum absolute atomic E-state index is 13.1. The number of halogens is 2. The number of nitrogens with zero attached hydrogens (tertiary/aromatic N) is 1. The number of rotatable bonds is 6. The van der Waals surface area contributed by atoms with Crippen molar-refractivity contribution in [3.05, 3.63) is 60.2 Å². The average Bonchev–Trinajstić information content (AvgIpc) is 2.79. The smallest absolute Gasteiger partial charge is 0.214 e. The number of pyridine rings is 1. The van der Waals surface area contributed by atoms with Gasteiger partial charge in [-0.05, 0) is 18.7 Å². The molecule has 0 unspecified atom stereocenters. The largest absolute Gasteiger partial charge is 1.00 e. The van der Waals surface area contributed by atoms with Crippen LogP contribution in [0.3, 0.4) is 0 Å². The van der Waals surface area contributed by atoms with Crippen LogP contribution in [0.1, 0.15) is 16.8 Å². The number of Topliss-reactive ketones (excluding diaryl/α,β-unsaturated/α-hetero) is 1. The first-order chi connectivity index (χ1) is 15.0. The molecule has 174 valence electrons. The van der Waals surface area contributed by atoms with Crippen LogP contribution < -0.4 is 37.9 Å². The van der Waals surface area contributed by atoms with E-state index in [0.717, 1.165) is 32.9 Å². The number of carbonyl (C=O) groups excluding carboxylic acids is 1. The molecule has 33 heavy (non-hydrogen) atoms. The molecule has 3 aromatic carbocycles. The van der Waals surface area contributed by atoms with E-state index in [1.165, 1.54) is 0 Å². The number of aromatic nitrogens is 1. The number of benzene rings is 3. The second-order valence-corrected chi connectivity index (χ2v) is 7.41. The number of anilines is 1. The molecule has 0 bridgehead atoms. The van der Waals surface area contributed by atoms with Crippen LogP contribution >= 0.6 is 12.4 Å². The Morgan fingerprint density at radius 3 is 2.30 bits per heavy atom. The van der Waals surface area contributed by atoms with Gasteiger partial charge in [-0.3, -0.25) is 4.79 Å². The zero-order chi connectivity index (χ0) is 22.1. The first-order valence-corrected chi connectivity index (χ1v) is 10.1. The monoisotopic (exact) mass is 487 g/mol. The van der Waals surface area contributed by atoms with Crippen molar-refractivity contribution >= 4 is 45.7 Å². The Morgan fingerprint density at radius 2 is 1.64 bits per heavy atom. The van der Waals surface area contributed by atoms with Gasteiger partial charge in [-0.25, -0.2) is 0 Å². The summed E-state index contributed by atoms with van der Waals surface area (Å²) in [6.45, 7) is 0.295. The Kier molecular flexibility index (Phi) is 8.50. The quantitative estimate of drug-likeness (QED) is 0.183. The molecule has 6 nitrogen and oxygen atoms in total. The number of fused-ring (bicyclic) bond motifs is 2. The van der Waals surface area contributed by atoms with Gasteiger partial charge in [0, 0.05) is 41.3 Å². The van der Waals surface area contributed by atoms with Gasteiger partial charge >= 0.3 is 0 Å². The van der Waals surface area contributed by atoms with Crippen molar-refractivity contribution in [1.29, 1.82) is 0 Å². The van der Waals surface area contributed by atoms with E-state index in [9.17, 15) is 4.79 Å². The predicted octanol–water partition coefficient (Wildman–Crippen LogP) is 1.04. The van der Waals surface area contributed by atoms with Crippen molar-refractivity contribution < 1.29 is 31.2 Å². The molecule has 0 radical (unpaired) electrons. The van der Waals surface area contributed by atoms with Gasteiger partial charge in [-0.15, -0.1) is 12.4 Å². The van der Waals surface area contributed by atoms with Crippen molar-refractivity contribution in [2.24, 2.45) is 12.8 Å². The highest BCUT2D eigenvalue weighted by Crippen LogP contribution is 2.43. The summed E-state index contributed by atoms with van der Waals surface area (Å²) in [7, 11) is 5.20.